The van der Waals surface area contributed by atoms with Crippen molar-refractivity contribution in [1.82, 2.24) is 15.6 Å². The van der Waals surface area contributed by atoms with E-state index in [9.17, 15) is 4.79 Å². The Morgan fingerprint density at radius 2 is 2.31 bits per heavy atom. The lowest BCUT2D eigenvalue weighted by Gasteiger charge is -2.36. The molecular formula is C11H22N4O. The first kappa shape index (κ1) is 12.8. The molecule has 0 saturated carbocycles. The van der Waals surface area contributed by atoms with Crippen molar-refractivity contribution < 1.29 is 4.79 Å². The van der Waals surface area contributed by atoms with Crippen LogP contribution in [0.1, 0.15) is 27.2 Å². The van der Waals surface area contributed by atoms with Crippen molar-refractivity contribution >= 4 is 12.7 Å². The second-order valence-electron chi connectivity index (χ2n) is 5.24. The molecule has 0 spiro atoms. The van der Waals surface area contributed by atoms with Crippen LogP contribution < -0.4 is 10.7 Å². The molecule has 0 aromatic rings. The molecule has 0 aliphatic carbocycles. The van der Waals surface area contributed by atoms with Crippen LogP contribution in [-0.4, -0.2) is 43.3 Å². The zero-order valence-corrected chi connectivity index (χ0v) is 10.4. The third-order valence-corrected chi connectivity index (χ3v) is 2.86. The fraction of sp³-hybridized carbons (Fsp3) is 0.818. The smallest absolute Gasteiger partial charge is 0.317 e. The van der Waals surface area contributed by atoms with Gasteiger partial charge in [0, 0.05) is 26.4 Å². The van der Waals surface area contributed by atoms with Gasteiger partial charge in [0.2, 0.25) is 0 Å². The summed E-state index contributed by atoms with van der Waals surface area (Å²) < 4.78 is 0. The Morgan fingerprint density at radius 3 is 2.81 bits per heavy atom. The zero-order valence-electron chi connectivity index (χ0n) is 10.4. The number of amides is 2. The fourth-order valence-electron chi connectivity index (χ4n) is 1.69. The van der Waals surface area contributed by atoms with E-state index in [1.165, 1.54) is 0 Å². The van der Waals surface area contributed by atoms with Gasteiger partial charge in [-0.05, 0) is 11.8 Å². The predicted octanol–water partition coefficient (Wildman–Crippen LogP) is 1.02. The van der Waals surface area contributed by atoms with Crippen LogP contribution in [0.25, 0.3) is 0 Å². The van der Waals surface area contributed by atoms with E-state index in [0.29, 0.717) is 6.54 Å². The van der Waals surface area contributed by atoms with Crippen molar-refractivity contribution in [2.24, 2.45) is 10.5 Å². The van der Waals surface area contributed by atoms with E-state index < -0.39 is 0 Å². The molecule has 0 unspecified atom stereocenters. The number of carbonyl (C=O) groups excluding carboxylic acids is 1. The van der Waals surface area contributed by atoms with E-state index >= 15 is 0 Å². The van der Waals surface area contributed by atoms with Crippen LogP contribution in [0, 0.1) is 5.41 Å². The molecule has 1 aliphatic rings. The van der Waals surface area contributed by atoms with Gasteiger partial charge in [0.05, 0.1) is 6.04 Å². The minimum atomic E-state index is 0.0198. The molecule has 0 bridgehead atoms. The van der Waals surface area contributed by atoms with Crippen molar-refractivity contribution in [2.45, 2.75) is 33.2 Å². The van der Waals surface area contributed by atoms with E-state index in [1.54, 1.807) is 0 Å². The molecule has 1 aliphatic heterocycles. The summed E-state index contributed by atoms with van der Waals surface area (Å²) in [5.41, 5.74) is 3.02. The lowest BCUT2D eigenvalue weighted by molar-refractivity contribution is 0.156. The number of urea groups is 1. The molecule has 1 saturated heterocycles. The van der Waals surface area contributed by atoms with Gasteiger partial charge in [0.25, 0.3) is 0 Å². The molecule has 0 radical (unpaired) electrons. The normalized spacial score (nSPS) is 18.9. The summed E-state index contributed by atoms with van der Waals surface area (Å²) in [4.78, 5) is 13.4. The zero-order chi connectivity index (χ0) is 12.2. The van der Waals surface area contributed by atoms with Crippen LogP contribution in [0.5, 0.6) is 0 Å². The number of nitrogens with zero attached hydrogens (tertiary/aromatic N) is 2. The first-order valence-corrected chi connectivity index (χ1v) is 5.69. The second-order valence-corrected chi connectivity index (χ2v) is 5.24. The maximum atomic E-state index is 11.6. The highest BCUT2D eigenvalue weighted by Crippen LogP contribution is 2.20. The van der Waals surface area contributed by atoms with Crippen LogP contribution >= 0.6 is 0 Å². The molecule has 2 amide bonds. The van der Waals surface area contributed by atoms with Crippen molar-refractivity contribution in [3.63, 3.8) is 0 Å². The largest absolute Gasteiger partial charge is 0.338 e. The summed E-state index contributed by atoms with van der Waals surface area (Å²) in [5.74, 6) is 0. The second kappa shape index (κ2) is 5.18. The number of hydrogen-bond donors (Lipinski definition) is 2. The molecule has 2 N–H and O–H groups in total. The van der Waals surface area contributed by atoms with Gasteiger partial charge in [-0.25, -0.2) is 4.79 Å². The average Bonchev–Trinajstić information content (AvgIpc) is 2.19. The first-order chi connectivity index (χ1) is 7.45. The molecule has 0 aromatic heterocycles. The Morgan fingerprint density at radius 1 is 1.62 bits per heavy atom. The van der Waals surface area contributed by atoms with Crippen molar-refractivity contribution in [3.05, 3.63) is 0 Å². The van der Waals surface area contributed by atoms with Gasteiger partial charge in [-0.1, -0.05) is 20.8 Å². The lowest BCUT2D eigenvalue weighted by Crippen LogP contribution is -2.53. The van der Waals surface area contributed by atoms with Gasteiger partial charge in [0.15, 0.2) is 0 Å². The van der Waals surface area contributed by atoms with Crippen LogP contribution in [-0.2, 0) is 0 Å². The molecule has 16 heavy (non-hydrogen) atoms. The Bertz CT molecular complexity index is 259. The number of carbonyl (C=O) groups is 1. The third kappa shape index (κ3) is 3.40. The quantitative estimate of drug-likeness (QED) is 0.555. The molecule has 5 heteroatoms. The topological polar surface area (TPSA) is 56.7 Å². The van der Waals surface area contributed by atoms with E-state index in [4.69, 9.17) is 0 Å². The first-order valence-electron chi connectivity index (χ1n) is 5.69. The number of hydrazone groups is 1. The van der Waals surface area contributed by atoms with E-state index in [-0.39, 0.29) is 17.5 Å². The van der Waals surface area contributed by atoms with E-state index in [1.807, 2.05) is 4.90 Å². The average molecular weight is 226 g/mol. The highest BCUT2D eigenvalue weighted by molar-refractivity contribution is 5.74. The van der Waals surface area contributed by atoms with Gasteiger partial charge in [0.1, 0.15) is 0 Å². The molecule has 5 nitrogen and oxygen atoms in total. The van der Waals surface area contributed by atoms with Gasteiger partial charge >= 0.3 is 6.03 Å². The van der Waals surface area contributed by atoms with E-state index in [2.05, 4.69) is 43.3 Å². The standard InChI is InChI=1S/C11H22N4O/c1-11(2,3)9(14-12-4)8-15-7-5-6-13-10(15)16/h9,14H,4-8H2,1-3H3,(H,13,16)/t9-/m1/s1. The highest BCUT2D eigenvalue weighted by atomic mass is 16.2. The molecule has 92 valence electrons. The summed E-state index contributed by atoms with van der Waals surface area (Å²) in [6.07, 6.45) is 1.00. The van der Waals surface area contributed by atoms with Crippen molar-refractivity contribution in [3.8, 4) is 0 Å². The monoisotopic (exact) mass is 226 g/mol. The Balaban J connectivity index is 2.59. The van der Waals surface area contributed by atoms with Crippen LogP contribution in [0.15, 0.2) is 5.10 Å². The maximum Gasteiger partial charge on any atom is 0.317 e. The van der Waals surface area contributed by atoms with Gasteiger partial charge < -0.3 is 15.6 Å². The highest BCUT2D eigenvalue weighted by Gasteiger charge is 2.29. The third-order valence-electron chi connectivity index (χ3n) is 2.86. The van der Waals surface area contributed by atoms with Crippen LogP contribution in [0.4, 0.5) is 4.79 Å². The molecule has 1 rings (SSSR count). The van der Waals surface area contributed by atoms with Gasteiger partial charge in [-0.2, -0.15) is 5.10 Å². The Hall–Kier alpha value is -1.26. The lowest BCUT2D eigenvalue weighted by atomic mass is 9.87. The summed E-state index contributed by atoms with van der Waals surface area (Å²) in [5, 5.41) is 6.58. The molecule has 1 heterocycles. The van der Waals surface area contributed by atoms with Gasteiger partial charge in [-0.3, -0.25) is 0 Å². The Kier molecular flexibility index (Phi) is 4.15. The van der Waals surface area contributed by atoms with Crippen molar-refractivity contribution in [2.75, 3.05) is 19.6 Å². The summed E-state index contributed by atoms with van der Waals surface area (Å²) in [6, 6.07) is 0.139. The van der Waals surface area contributed by atoms with E-state index in [0.717, 1.165) is 19.5 Å². The van der Waals surface area contributed by atoms with Crippen LogP contribution in [0.3, 0.4) is 0 Å². The molecule has 1 fully saturated rings. The number of rotatable bonds is 4. The van der Waals surface area contributed by atoms with Gasteiger partial charge in [-0.15, -0.1) is 0 Å². The number of nitrogens with one attached hydrogen (secondary N) is 2. The Labute approximate surface area is 97.3 Å². The van der Waals surface area contributed by atoms with Crippen molar-refractivity contribution in [1.29, 1.82) is 0 Å². The summed E-state index contributed by atoms with van der Waals surface area (Å²) >= 11 is 0. The molecule has 0 aromatic carbocycles. The maximum absolute atomic E-state index is 11.6. The predicted molar refractivity (Wildman–Crippen MR) is 65.5 cm³/mol. The summed E-state index contributed by atoms with van der Waals surface area (Å²) in [7, 11) is 0. The minimum absolute atomic E-state index is 0.0198. The fourth-order valence-corrected chi connectivity index (χ4v) is 1.69. The molecular weight excluding hydrogens is 204 g/mol. The minimum Gasteiger partial charge on any atom is -0.338 e. The summed E-state index contributed by atoms with van der Waals surface area (Å²) in [6.45, 7) is 12.1. The van der Waals surface area contributed by atoms with Crippen LogP contribution in [0.2, 0.25) is 0 Å². The molecule has 1 atom stereocenters. The number of hydrogen-bond acceptors (Lipinski definition) is 3. The SMILES string of the molecule is C=NN[C@H](CN1CCCNC1=O)C(C)(C)C.